The van der Waals surface area contributed by atoms with Crippen molar-refractivity contribution in [2.75, 3.05) is 39.3 Å². The molecule has 2 heterocycles. The summed E-state index contributed by atoms with van der Waals surface area (Å²) < 4.78 is 6.01. The molecular formula is C28H42N6O6. The molecule has 0 radical (unpaired) electrons. The molecule has 1 aromatic rings. The molecule has 0 aliphatic carbocycles. The second-order valence-electron chi connectivity index (χ2n) is 10.6. The van der Waals surface area contributed by atoms with Gasteiger partial charge in [0.05, 0.1) is 11.6 Å². The van der Waals surface area contributed by atoms with Gasteiger partial charge >= 0.3 is 0 Å². The Bertz CT molecular complexity index is 1070. The van der Waals surface area contributed by atoms with Crippen LogP contribution in [0, 0.1) is 5.92 Å². The van der Waals surface area contributed by atoms with Gasteiger partial charge in [-0.3, -0.25) is 24.0 Å². The lowest BCUT2D eigenvalue weighted by Crippen LogP contribution is -2.55. The van der Waals surface area contributed by atoms with E-state index >= 15 is 0 Å². The Labute approximate surface area is 235 Å². The molecule has 5 N–H and O–H groups in total. The van der Waals surface area contributed by atoms with Crippen molar-refractivity contribution in [3.63, 3.8) is 0 Å². The number of primary amides is 1. The second-order valence-corrected chi connectivity index (χ2v) is 10.6. The molecule has 1 saturated heterocycles. The highest BCUT2D eigenvalue weighted by molar-refractivity contribution is 6.00. The molecule has 0 spiro atoms. The van der Waals surface area contributed by atoms with Crippen molar-refractivity contribution in [1.82, 2.24) is 25.8 Å². The number of rotatable bonds is 6. The van der Waals surface area contributed by atoms with Crippen LogP contribution in [-0.4, -0.2) is 96.8 Å². The molecule has 5 amide bonds. The zero-order chi connectivity index (χ0) is 29.2. The number of benzene rings is 1. The molecule has 1 fully saturated rings. The molecule has 0 bridgehead atoms. The third-order valence-electron chi connectivity index (χ3n) is 7.41. The van der Waals surface area contributed by atoms with Gasteiger partial charge < -0.3 is 36.2 Å². The van der Waals surface area contributed by atoms with Crippen molar-refractivity contribution in [2.45, 2.75) is 64.6 Å². The number of likely N-dealkylation sites (N-methyl/N-ethyl adjacent to an activating group) is 1. The second kappa shape index (κ2) is 14.6. The van der Waals surface area contributed by atoms with Crippen molar-refractivity contribution in [3.8, 4) is 5.75 Å². The van der Waals surface area contributed by atoms with E-state index < -0.39 is 41.8 Å². The topological polar surface area (TPSA) is 163 Å². The third-order valence-corrected chi connectivity index (χ3v) is 7.41. The van der Waals surface area contributed by atoms with Crippen LogP contribution in [0.2, 0.25) is 0 Å². The maximum Gasteiger partial charge on any atom is 0.255 e. The van der Waals surface area contributed by atoms with Gasteiger partial charge in [-0.15, -0.1) is 0 Å². The molecule has 0 unspecified atom stereocenters. The van der Waals surface area contributed by atoms with Gasteiger partial charge in [0.1, 0.15) is 24.4 Å². The normalized spacial score (nSPS) is 23.6. The number of carbonyl (C=O) groups excluding carboxylic acids is 5. The first-order chi connectivity index (χ1) is 19.1. The molecule has 0 saturated carbocycles. The van der Waals surface area contributed by atoms with Gasteiger partial charge in [-0.05, 0) is 37.4 Å². The number of nitrogens with one attached hydrogen (secondary N) is 3. The van der Waals surface area contributed by atoms with Crippen LogP contribution < -0.4 is 26.4 Å². The predicted octanol–water partition coefficient (Wildman–Crippen LogP) is 0.0128. The molecule has 3 atom stereocenters. The van der Waals surface area contributed by atoms with Gasteiger partial charge in [0.2, 0.25) is 23.6 Å². The van der Waals surface area contributed by atoms with Gasteiger partial charge in [0.25, 0.3) is 5.91 Å². The van der Waals surface area contributed by atoms with Gasteiger partial charge in [-0.1, -0.05) is 32.9 Å². The summed E-state index contributed by atoms with van der Waals surface area (Å²) in [6.07, 6.45) is -0.137. The number of ether oxygens (including phenoxy) is 1. The molecule has 2 aliphatic rings. The van der Waals surface area contributed by atoms with Crippen molar-refractivity contribution in [3.05, 3.63) is 29.8 Å². The standard InChI is InChI=1S/C28H42N6O6/c1-4-33-13-15-34(16-14-33)28(39)21-10-12-25(36)30-20(9-11-24(29)35)27(38)32-22(18(2)3)17-40-23-8-6-5-7-19(23)26(37)31-21/h5-8,18,20-22H,4,9-17H2,1-3H3,(H2,29,35)(H,30,36)(H,31,37)(H,32,38)/t20-,21-,22+/m0/s1. The SMILES string of the molecule is CCN1CCN(C(=O)[C@@H]2CCC(=O)N[C@@H](CCC(N)=O)C(=O)N[C@@H](C(C)C)COc3ccccc3C(=O)N2)CC1. The predicted molar refractivity (Wildman–Crippen MR) is 148 cm³/mol. The van der Waals surface area contributed by atoms with Gasteiger partial charge in [-0.25, -0.2) is 0 Å². The molecule has 40 heavy (non-hydrogen) atoms. The number of carbonyl (C=O) groups is 5. The molecular weight excluding hydrogens is 516 g/mol. The minimum atomic E-state index is -0.996. The fourth-order valence-corrected chi connectivity index (χ4v) is 4.74. The lowest BCUT2D eigenvalue weighted by molar-refractivity contribution is -0.135. The van der Waals surface area contributed by atoms with E-state index in [0.717, 1.165) is 19.6 Å². The number of nitrogens with two attached hydrogens (primary N) is 1. The zero-order valence-electron chi connectivity index (χ0n) is 23.6. The number of piperazine rings is 1. The van der Waals surface area contributed by atoms with E-state index in [4.69, 9.17) is 10.5 Å². The Hall–Kier alpha value is -3.67. The number of hydrogen-bond acceptors (Lipinski definition) is 7. The summed E-state index contributed by atoms with van der Waals surface area (Å²) in [5, 5.41) is 8.42. The third kappa shape index (κ3) is 8.67. The zero-order valence-corrected chi connectivity index (χ0v) is 23.6. The molecule has 220 valence electrons. The smallest absolute Gasteiger partial charge is 0.255 e. The Morgan fingerprint density at radius 2 is 1.75 bits per heavy atom. The average molecular weight is 559 g/mol. The molecule has 2 aliphatic heterocycles. The summed E-state index contributed by atoms with van der Waals surface area (Å²) in [5.74, 6) is -1.99. The van der Waals surface area contributed by atoms with Crippen LogP contribution in [0.5, 0.6) is 5.75 Å². The minimum absolute atomic E-state index is 0.0300. The van der Waals surface area contributed by atoms with E-state index in [2.05, 4.69) is 27.8 Å². The highest BCUT2D eigenvalue weighted by atomic mass is 16.5. The first-order valence-electron chi connectivity index (χ1n) is 14.0. The molecule has 12 nitrogen and oxygen atoms in total. The Morgan fingerprint density at radius 1 is 1.05 bits per heavy atom. The number of nitrogens with zero attached hydrogens (tertiary/aromatic N) is 2. The maximum absolute atomic E-state index is 13.5. The van der Waals surface area contributed by atoms with Crippen LogP contribution in [0.3, 0.4) is 0 Å². The summed E-state index contributed by atoms with van der Waals surface area (Å²) in [6.45, 7) is 9.35. The fraction of sp³-hybridized carbons (Fsp3) is 0.607. The lowest BCUT2D eigenvalue weighted by atomic mass is 10.0. The van der Waals surface area contributed by atoms with Gasteiger partial charge in [0, 0.05) is 39.0 Å². The molecule has 1 aromatic carbocycles. The van der Waals surface area contributed by atoms with Crippen LogP contribution in [0.1, 0.15) is 56.8 Å². The van der Waals surface area contributed by atoms with Gasteiger partial charge in [0.15, 0.2) is 0 Å². The van der Waals surface area contributed by atoms with Crippen LogP contribution in [0.25, 0.3) is 0 Å². The van der Waals surface area contributed by atoms with E-state index in [0.29, 0.717) is 18.8 Å². The number of para-hydroxylation sites is 1. The maximum atomic E-state index is 13.5. The first-order valence-corrected chi connectivity index (χ1v) is 14.0. The Morgan fingerprint density at radius 3 is 2.40 bits per heavy atom. The Balaban J connectivity index is 1.89. The van der Waals surface area contributed by atoms with Crippen molar-refractivity contribution in [1.29, 1.82) is 0 Å². The summed E-state index contributed by atoms with van der Waals surface area (Å²) in [7, 11) is 0. The number of hydrogen-bond donors (Lipinski definition) is 4. The van der Waals surface area contributed by atoms with Gasteiger partial charge in [-0.2, -0.15) is 0 Å². The van der Waals surface area contributed by atoms with E-state index in [1.54, 1.807) is 29.2 Å². The van der Waals surface area contributed by atoms with Crippen molar-refractivity contribution >= 4 is 29.5 Å². The quantitative estimate of drug-likeness (QED) is 0.382. The summed E-state index contributed by atoms with van der Waals surface area (Å²) >= 11 is 0. The first kappa shape index (κ1) is 30.9. The Kier molecular flexibility index (Phi) is 11.3. The van der Waals surface area contributed by atoms with Crippen molar-refractivity contribution in [2.24, 2.45) is 11.7 Å². The molecule has 12 heteroatoms. The van der Waals surface area contributed by atoms with E-state index in [1.807, 2.05) is 13.8 Å². The van der Waals surface area contributed by atoms with E-state index in [1.165, 1.54) is 0 Å². The van der Waals surface area contributed by atoms with Crippen LogP contribution >= 0.6 is 0 Å². The fourth-order valence-electron chi connectivity index (χ4n) is 4.74. The molecule has 3 rings (SSSR count). The summed E-state index contributed by atoms with van der Waals surface area (Å²) in [4.78, 5) is 68.5. The largest absolute Gasteiger partial charge is 0.491 e. The summed E-state index contributed by atoms with van der Waals surface area (Å²) in [5.41, 5.74) is 5.55. The van der Waals surface area contributed by atoms with E-state index in [9.17, 15) is 24.0 Å². The average Bonchev–Trinajstić information content (AvgIpc) is 2.94. The highest BCUT2D eigenvalue weighted by Gasteiger charge is 2.31. The van der Waals surface area contributed by atoms with Crippen LogP contribution in [0.4, 0.5) is 0 Å². The van der Waals surface area contributed by atoms with Crippen LogP contribution in [-0.2, 0) is 19.2 Å². The molecule has 0 aromatic heterocycles. The van der Waals surface area contributed by atoms with E-state index in [-0.39, 0.29) is 49.7 Å². The minimum Gasteiger partial charge on any atom is -0.491 e. The number of amides is 5. The number of fused-ring (bicyclic) bond motifs is 1. The highest BCUT2D eigenvalue weighted by Crippen LogP contribution is 2.20. The van der Waals surface area contributed by atoms with Crippen molar-refractivity contribution < 1.29 is 28.7 Å². The van der Waals surface area contributed by atoms with Crippen LogP contribution in [0.15, 0.2) is 24.3 Å². The lowest BCUT2D eigenvalue weighted by Gasteiger charge is -2.36. The monoisotopic (exact) mass is 558 g/mol. The summed E-state index contributed by atoms with van der Waals surface area (Å²) in [6, 6.07) is 4.32.